The van der Waals surface area contributed by atoms with E-state index in [9.17, 15) is 0 Å². The third-order valence-corrected chi connectivity index (χ3v) is 6.66. The van der Waals surface area contributed by atoms with Gasteiger partial charge in [-0.3, -0.25) is 0 Å². The van der Waals surface area contributed by atoms with Crippen molar-refractivity contribution in [2.24, 2.45) is 0 Å². The van der Waals surface area contributed by atoms with Crippen LogP contribution in [0.1, 0.15) is 11.1 Å². The van der Waals surface area contributed by atoms with Gasteiger partial charge in [-0.25, -0.2) is 4.98 Å². The Kier molecular flexibility index (Phi) is 7.35. The van der Waals surface area contributed by atoms with Crippen LogP contribution in [0.2, 0.25) is 0 Å². The summed E-state index contributed by atoms with van der Waals surface area (Å²) >= 11 is 0. The highest BCUT2D eigenvalue weighted by Crippen LogP contribution is 2.28. The molecule has 0 aliphatic carbocycles. The smallest absolute Gasteiger partial charge is 0.326 e. The molecule has 4 aromatic carbocycles. The van der Waals surface area contributed by atoms with Gasteiger partial charge in [0.15, 0.2) is 17.0 Å². The Hall–Kier alpha value is -5.17. The van der Waals surface area contributed by atoms with Gasteiger partial charge in [-0.2, -0.15) is 9.97 Å². The van der Waals surface area contributed by atoms with Crippen molar-refractivity contribution in [3.63, 3.8) is 0 Å². The zero-order valence-electron chi connectivity index (χ0n) is 22.2. The molecule has 0 spiro atoms. The van der Waals surface area contributed by atoms with Crippen LogP contribution >= 0.6 is 0 Å². The van der Waals surface area contributed by atoms with Crippen molar-refractivity contribution in [1.29, 1.82) is 0 Å². The van der Waals surface area contributed by atoms with Gasteiger partial charge in [0.25, 0.3) is 0 Å². The lowest BCUT2D eigenvalue weighted by molar-refractivity contribution is 0.404. The maximum Gasteiger partial charge on any atom is 0.326 e. The Morgan fingerprint density at radius 2 is 1.45 bits per heavy atom. The summed E-state index contributed by atoms with van der Waals surface area (Å²) in [6, 6.07) is 36.9. The molecule has 0 saturated carbocycles. The first-order valence-electron chi connectivity index (χ1n) is 13.2. The molecule has 0 saturated heterocycles. The molecule has 0 atom stereocenters. The van der Waals surface area contributed by atoms with E-state index in [2.05, 4.69) is 75.9 Å². The maximum absolute atomic E-state index is 6.09. The van der Waals surface area contributed by atoms with E-state index in [4.69, 9.17) is 14.5 Å². The standard InChI is InChI=1S/C33H29N5O2/c1-39-28-13-8-14-29(21-28)40-33-36-31(34-20-19-24-9-4-2-5-10-24)30-32(37-33)38(23-35-30)22-25-15-17-27(18-16-25)26-11-6-3-7-12-26/h2-18,21,23H,19-20,22H2,1H3,(H,34,36,37). The number of imidazole rings is 1. The van der Waals surface area contributed by atoms with Gasteiger partial charge in [0.2, 0.25) is 0 Å². The molecule has 2 heterocycles. The highest BCUT2D eigenvalue weighted by Gasteiger charge is 2.15. The Morgan fingerprint density at radius 1 is 0.725 bits per heavy atom. The third-order valence-electron chi connectivity index (χ3n) is 6.66. The van der Waals surface area contributed by atoms with E-state index in [1.165, 1.54) is 16.7 Å². The lowest BCUT2D eigenvalue weighted by Crippen LogP contribution is -2.09. The van der Waals surface area contributed by atoms with Gasteiger partial charge >= 0.3 is 6.01 Å². The molecule has 0 aliphatic heterocycles. The number of anilines is 1. The second-order valence-corrected chi connectivity index (χ2v) is 9.41. The zero-order valence-corrected chi connectivity index (χ0v) is 22.2. The SMILES string of the molecule is COc1cccc(Oc2nc(NCCc3ccccc3)c3ncn(Cc4ccc(-c5ccccc5)cc4)c3n2)c1. The average Bonchev–Trinajstić information content (AvgIpc) is 3.41. The van der Waals surface area contributed by atoms with Crippen molar-refractivity contribution in [1.82, 2.24) is 19.5 Å². The van der Waals surface area contributed by atoms with Crippen LogP contribution in [0.3, 0.4) is 0 Å². The molecule has 40 heavy (non-hydrogen) atoms. The summed E-state index contributed by atoms with van der Waals surface area (Å²) < 4.78 is 13.5. The molecule has 0 fully saturated rings. The number of nitrogens with zero attached hydrogens (tertiary/aromatic N) is 4. The minimum atomic E-state index is 0.240. The summed E-state index contributed by atoms with van der Waals surface area (Å²) in [5.41, 5.74) is 6.17. The molecular weight excluding hydrogens is 498 g/mol. The molecule has 1 N–H and O–H groups in total. The van der Waals surface area contributed by atoms with E-state index in [0.29, 0.717) is 41.6 Å². The largest absolute Gasteiger partial charge is 0.497 e. The van der Waals surface area contributed by atoms with Crippen LogP contribution in [0.4, 0.5) is 5.82 Å². The first-order chi connectivity index (χ1) is 19.7. The van der Waals surface area contributed by atoms with Crippen molar-refractivity contribution in [3.05, 3.63) is 127 Å². The Morgan fingerprint density at radius 3 is 2.23 bits per heavy atom. The third kappa shape index (κ3) is 5.78. The number of ether oxygens (including phenoxy) is 2. The van der Waals surface area contributed by atoms with Gasteiger partial charge in [-0.1, -0.05) is 91.0 Å². The lowest BCUT2D eigenvalue weighted by atomic mass is 10.0. The number of fused-ring (bicyclic) bond motifs is 1. The number of rotatable bonds is 10. The lowest BCUT2D eigenvalue weighted by Gasteiger charge is -2.11. The van der Waals surface area contributed by atoms with Gasteiger partial charge in [0.05, 0.1) is 20.0 Å². The van der Waals surface area contributed by atoms with Gasteiger partial charge in [-0.05, 0) is 40.8 Å². The quantitative estimate of drug-likeness (QED) is 0.207. The van der Waals surface area contributed by atoms with E-state index in [1.807, 2.05) is 59.4 Å². The number of benzene rings is 4. The van der Waals surface area contributed by atoms with Crippen LogP contribution in [0.5, 0.6) is 17.5 Å². The molecule has 0 amide bonds. The van der Waals surface area contributed by atoms with E-state index < -0.39 is 0 Å². The Labute approximate surface area is 233 Å². The Bertz CT molecular complexity index is 1700. The van der Waals surface area contributed by atoms with Crippen molar-refractivity contribution in [2.75, 3.05) is 19.0 Å². The first-order valence-corrected chi connectivity index (χ1v) is 13.2. The second kappa shape index (κ2) is 11.7. The number of nitrogens with one attached hydrogen (secondary N) is 1. The van der Waals surface area contributed by atoms with Crippen molar-refractivity contribution >= 4 is 17.0 Å². The predicted molar refractivity (Wildman–Crippen MR) is 158 cm³/mol. The molecule has 0 bridgehead atoms. The topological polar surface area (TPSA) is 74.1 Å². The summed E-state index contributed by atoms with van der Waals surface area (Å²) in [6.07, 6.45) is 2.66. The highest BCUT2D eigenvalue weighted by molar-refractivity contribution is 5.83. The maximum atomic E-state index is 6.09. The minimum absolute atomic E-state index is 0.240. The predicted octanol–water partition coefficient (Wildman–Crippen LogP) is 7.00. The van der Waals surface area contributed by atoms with Crippen LogP contribution in [0, 0.1) is 0 Å². The number of hydrogen-bond acceptors (Lipinski definition) is 6. The normalized spacial score (nSPS) is 10.9. The van der Waals surface area contributed by atoms with Crippen molar-refractivity contribution in [3.8, 4) is 28.6 Å². The van der Waals surface area contributed by atoms with Crippen LogP contribution in [0.15, 0.2) is 116 Å². The van der Waals surface area contributed by atoms with Gasteiger partial charge in [-0.15, -0.1) is 0 Å². The molecule has 2 aromatic heterocycles. The summed E-state index contributed by atoms with van der Waals surface area (Å²) in [6.45, 7) is 1.31. The van der Waals surface area contributed by atoms with Gasteiger partial charge in [0, 0.05) is 12.6 Å². The van der Waals surface area contributed by atoms with Crippen LogP contribution in [-0.4, -0.2) is 33.2 Å². The van der Waals surface area contributed by atoms with E-state index in [1.54, 1.807) is 7.11 Å². The molecule has 7 heteroatoms. The summed E-state index contributed by atoms with van der Waals surface area (Å²) in [5, 5.41) is 3.46. The Balaban J connectivity index is 1.29. The van der Waals surface area contributed by atoms with E-state index in [-0.39, 0.29) is 6.01 Å². The second-order valence-electron chi connectivity index (χ2n) is 9.41. The van der Waals surface area contributed by atoms with Crippen LogP contribution < -0.4 is 14.8 Å². The number of methoxy groups -OCH3 is 1. The van der Waals surface area contributed by atoms with Crippen molar-refractivity contribution < 1.29 is 9.47 Å². The fourth-order valence-corrected chi connectivity index (χ4v) is 4.58. The summed E-state index contributed by atoms with van der Waals surface area (Å²) in [4.78, 5) is 14.1. The van der Waals surface area contributed by atoms with E-state index >= 15 is 0 Å². The fourth-order valence-electron chi connectivity index (χ4n) is 4.58. The molecule has 0 aliphatic rings. The van der Waals surface area contributed by atoms with E-state index in [0.717, 1.165) is 12.0 Å². The molecule has 0 radical (unpaired) electrons. The monoisotopic (exact) mass is 527 g/mol. The highest BCUT2D eigenvalue weighted by atomic mass is 16.5. The molecule has 6 rings (SSSR count). The molecular formula is C33H29N5O2. The van der Waals surface area contributed by atoms with Crippen LogP contribution in [-0.2, 0) is 13.0 Å². The van der Waals surface area contributed by atoms with Gasteiger partial charge < -0.3 is 19.4 Å². The number of hydrogen-bond donors (Lipinski definition) is 1. The minimum Gasteiger partial charge on any atom is -0.497 e. The first kappa shape index (κ1) is 25.1. The van der Waals surface area contributed by atoms with Gasteiger partial charge in [0.1, 0.15) is 11.5 Å². The summed E-state index contributed by atoms with van der Waals surface area (Å²) in [5.74, 6) is 1.93. The number of aromatic nitrogens is 4. The van der Waals surface area contributed by atoms with Crippen molar-refractivity contribution in [2.45, 2.75) is 13.0 Å². The molecule has 6 aromatic rings. The molecule has 0 unspecified atom stereocenters. The molecule has 198 valence electrons. The molecule has 7 nitrogen and oxygen atoms in total. The average molecular weight is 528 g/mol. The zero-order chi connectivity index (χ0) is 27.1. The van der Waals surface area contributed by atoms with Crippen LogP contribution in [0.25, 0.3) is 22.3 Å². The summed E-state index contributed by atoms with van der Waals surface area (Å²) in [7, 11) is 1.63. The fraction of sp³-hybridized carbons (Fsp3) is 0.121.